The summed E-state index contributed by atoms with van der Waals surface area (Å²) >= 11 is 0. The van der Waals surface area contributed by atoms with Gasteiger partial charge >= 0.3 is 6.09 Å². The molecule has 0 radical (unpaired) electrons. The molecule has 2 heterocycles. The molecule has 212 valence electrons. The van der Waals surface area contributed by atoms with E-state index in [-0.39, 0.29) is 5.91 Å². The number of rotatable bonds is 13. The number of carbonyl (C=O) groups excluding carboxylic acids is 2. The summed E-state index contributed by atoms with van der Waals surface area (Å²) in [6.45, 7) is 5.78. The molecule has 0 bridgehead atoms. The minimum atomic E-state index is -0.456. The van der Waals surface area contributed by atoms with Gasteiger partial charge in [-0.3, -0.25) is 4.79 Å². The molecule has 0 fully saturated rings. The van der Waals surface area contributed by atoms with Gasteiger partial charge in [-0.25, -0.2) is 9.78 Å². The number of unbranched alkanes of at least 4 members (excludes halogenated alkanes) is 1. The van der Waals surface area contributed by atoms with Gasteiger partial charge in [-0.15, -0.1) is 0 Å². The maximum absolute atomic E-state index is 13.6. The summed E-state index contributed by atoms with van der Waals surface area (Å²) in [5.74, 6) is 1.90. The Kier molecular flexibility index (Phi) is 9.61. The maximum atomic E-state index is 13.6. The Bertz CT molecular complexity index is 1350. The third-order valence-corrected chi connectivity index (χ3v) is 6.37. The van der Waals surface area contributed by atoms with Crippen LogP contribution in [0.3, 0.4) is 0 Å². The Morgan fingerprint density at radius 3 is 2.67 bits per heavy atom. The van der Waals surface area contributed by atoms with Gasteiger partial charge < -0.3 is 35.1 Å². The van der Waals surface area contributed by atoms with Crippen LogP contribution in [0.25, 0.3) is 0 Å². The lowest BCUT2D eigenvalue weighted by molar-refractivity contribution is 0.0765. The van der Waals surface area contributed by atoms with Crippen LogP contribution in [0.5, 0.6) is 11.5 Å². The van der Waals surface area contributed by atoms with Crippen LogP contribution in [0.4, 0.5) is 22.2 Å². The highest BCUT2D eigenvalue weighted by molar-refractivity contribution is 6.03. The number of nitrogens with zero attached hydrogens (tertiary/aromatic N) is 3. The van der Waals surface area contributed by atoms with Crippen LogP contribution in [0.15, 0.2) is 42.5 Å². The quantitative estimate of drug-likeness (QED) is 0.262. The molecule has 0 saturated heterocycles. The normalized spacial score (nSPS) is 12.1. The fourth-order valence-corrected chi connectivity index (χ4v) is 4.30. The number of anilines is 3. The van der Waals surface area contributed by atoms with Gasteiger partial charge in [0, 0.05) is 30.4 Å². The first-order valence-corrected chi connectivity index (χ1v) is 13.3. The lowest BCUT2D eigenvalue weighted by atomic mass is 10.1. The summed E-state index contributed by atoms with van der Waals surface area (Å²) in [4.78, 5) is 36.4. The molecule has 0 aliphatic carbocycles. The molecule has 2 aromatic carbocycles. The highest BCUT2D eigenvalue weighted by Crippen LogP contribution is 2.33. The number of hydrogen-bond acceptors (Lipinski definition) is 9. The number of ether oxygens (including phenoxy) is 3. The van der Waals surface area contributed by atoms with E-state index in [1.807, 2.05) is 50.2 Å². The zero-order valence-electron chi connectivity index (χ0n) is 23.4. The molecule has 3 N–H and O–H groups in total. The molecule has 0 saturated carbocycles. The van der Waals surface area contributed by atoms with Crippen LogP contribution in [-0.2, 0) is 17.8 Å². The molecule has 0 atom stereocenters. The number of aromatic nitrogens is 2. The average Bonchev–Trinajstić information content (AvgIpc) is 3.26. The van der Waals surface area contributed by atoms with E-state index in [1.54, 1.807) is 25.2 Å². The van der Waals surface area contributed by atoms with Crippen molar-refractivity contribution in [2.24, 2.45) is 0 Å². The monoisotopic (exact) mass is 548 g/mol. The minimum Gasteiger partial charge on any atom is -0.497 e. The second-order valence-electron chi connectivity index (χ2n) is 9.39. The Morgan fingerprint density at radius 2 is 1.93 bits per heavy atom. The molecule has 1 aliphatic rings. The first kappa shape index (κ1) is 28.5. The van der Waals surface area contributed by atoms with E-state index in [4.69, 9.17) is 14.2 Å². The van der Waals surface area contributed by atoms with Crippen molar-refractivity contribution in [3.8, 4) is 11.5 Å². The number of nitrogens with one attached hydrogen (secondary N) is 3. The van der Waals surface area contributed by atoms with Gasteiger partial charge in [-0.05, 0) is 43.2 Å². The molecule has 0 spiro atoms. The van der Waals surface area contributed by atoms with Crippen molar-refractivity contribution < 1.29 is 23.8 Å². The second kappa shape index (κ2) is 13.5. The zero-order chi connectivity index (χ0) is 28.5. The summed E-state index contributed by atoms with van der Waals surface area (Å²) in [7, 11) is 3.18. The van der Waals surface area contributed by atoms with E-state index in [9.17, 15) is 9.59 Å². The van der Waals surface area contributed by atoms with Crippen molar-refractivity contribution in [2.75, 3.05) is 44.5 Å². The van der Waals surface area contributed by atoms with E-state index in [0.717, 1.165) is 29.7 Å². The molecule has 40 heavy (non-hydrogen) atoms. The lowest BCUT2D eigenvalue weighted by Gasteiger charge is -2.18. The summed E-state index contributed by atoms with van der Waals surface area (Å²) < 4.78 is 15.9. The third-order valence-electron chi connectivity index (χ3n) is 6.37. The van der Waals surface area contributed by atoms with E-state index in [2.05, 4.69) is 25.9 Å². The van der Waals surface area contributed by atoms with Gasteiger partial charge in [0.25, 0.3) is 5.91 Å². The molecule has 11 nitrogen and oxygen atoms in total. The van der Waals surface area contributed by atoms with Crippen molar-refractivity contribution in [1.82, 2.24) is 20.2 Å². The molecule has 3 aromatic rings. The number of fused-ring (bicyclic) bond motifs is 1. The maximum Gasteiger partial charge on any atom is 0.407 e. The van der Waals surface area contributed by atoms with Gasteiger partial charge in [-0.2, -0.15) is 4.98 Å². The van der Waals surface area contributed by atoms with Crippen LogP contribution >= 0.6 is 0 Å². The minimum absolute atomic E-state index is 0.175. The van der Waals surface area contributed by atoms with E-state index >= 15 is 0 Å². The molecule has 1 aliphatic heterocycles. The zero-order valence-corrected chi connectivity index (χ0v) is 23.4. The Labute approximate surface area is 234 Å². The highest BCUT2D eigenvalue weighted by atomic mass is 16.5. The summed E-state index contributed by atoms with van der Waals surface area (Å²) in [5.41, 5.74) is 3.77. The first-order valence-electron chi connectivity index (χ1n) is 13.3. The molecule has 0 unspecified atom stereocenters. The lowest BCUT2D eigenvalue weighted by Crippen LogP contribution is -2.30. The molecule has 4 rings (SSSR count). The second-order valence-corrected chi connectivity index (χ2v) is 9.39. The van der Waals surface area contributed by atoms with Crippen LogP contribution in [0, 0.1) is 6.92 Å². The molecule has 2 amide bonds. The van der Waals surface area contributed by atoms with Gasteiger partial charge in [0.15, 0.2) is 0 Å². The van der Waals surface area contributed by atoms with Gasteiger partial charge in [0.05, 0.1) is 39.6 Å². The van der Waals surface area contributed by atoms with Crippen molar-refractivity contribution in [2.45, 2.75) is 39.8 Å². The van der Waals surface area contributed by atoms with Crippen molar-refractivity contribution in [3.63, 3.8) is 0 Å². The number of amides is 2. The van der Waals surface area contributed by atoms with Crippen LogP contribution in [-0.4, -0.2) is 60.8 Å². The standard InChI is InChI=1S/C29H36N6O5/c1-5-6-14-40-29(37)31-13-12-30-28-33-23-18-35(17-20-10-11-22(38-3)16-24(20)39-4)27(36)25(23)26(34-28)32-21-9-7-8-19(2)15-21/h7-11,15-16H,5-6,12-14,17-18H2,1-4H3,(H,31,37)(H2,30,32,33,34). The molecular formula is C29H36N6O5. The Hall–Kier alpha value is -4.54. The molecule has 11 heteroatoms. The smallest absolute Gasteiger partial charge is 0.407 e. The number of methoxy groups -OCH3 is 2. The number of alkyl carbamates (subject to hydrolysis) is 1. The number of benzene rings is 2. The number of aryl methyl sites for hydroxylation is 1. The summed E-state index contributed by atoms with van der Waals surface area (Å²) in [6.07, 6.45) is 1.32. The summed E-state index contributed by atoms with van der Waals surface area (Å²) in [5, 5.41) is 9.16. The average molecular weight is 549 g/mol. The fraction of sp³-hybridized carbons (Fsp3) is 0.379. The fourth-order valence-electron chi connectivity index (χ4n) is 4.30. The Morgan fingerprint density at radius 1 is 1.07 bits per heavy atom. The predicted octanol–water partition coefficient (Wildman–Crippen LogP) is 4.64. The Balaban J connectivity index is 1.52. The topological polar surface area (TPSA) is 127 Å². The van der Waals surface area contributed by atoms with Crippen LogP contribution in [0.2, 0.25) is 0 Å². The van der Waals surface area contributed by atoms with Crippen molar-refractivity contribution in [1.29, 1.82) is 0 Å². The predicted molar refractivity (Wildman–Crippen MR) is 152 cm³/mol. The van der Waals surface area contributed by atoms with E-state index < -0.39 is 6.09 Å². The molecule has 1 aromatic heterocycles. The largest absolute Gasteiger partial charge is 0.497 e. The van der Waals surface area contributed by atoms with Gasteiger partial charge in [-0.1, -0.05) is 25.5 Å². The van der Waals surface area contributed by atoms with Gasteiger partial charge in [0.2, 0.25) is 5.95 Å². The molecular weight excluding hydrogens is 512 g/mol. The van der Waals surface area contributed by atoms with Crippen molar-refractivity contribution in [3.05, 3.63) is 64.8 Å². The number of hydrogen-bond donors (Lipinski definition) is 3. The van der Waals surface area contributed by atoms with Gasteiger partial charge in [0.1, 0.15) is 22.9 Å². The number of carbonyl (C=O) groups is 2. The third kappa shape index (κ3) is 7.10. The van der Waals surface area contributed by atoms with Crippen LogP contribution < -0.4 is 25.4 Å². The van der Waals surface area contributed by atoms with E-state index in [1.165, 1.54) is 0 Å². The highest BCUT2D eigenvalue weighted by Gasteiger charge is 2.34. The van der Waals surface area contributed by atoms with E-state index in [0.29, 0.717) is 67.3 Å². The SMILES string of the molecule is CCCCOC(=O)NCCNc1nc2c(c(Nc3cccc(C)c3)n1)C(=O)N(Cc1ccc(OC)cc1OC)C2. The van der Waals surface area contributed by atoms with Crippen molar-refractivity contribution >= 4 is 29.5 Å². The summed E-state index contributed by atoms with van der Waals surface area (Å²) in [6, 6.07) is 13.4. The first-order chi connectivity index (χ1) is 19.4. The van der Waals surface area contributed by atoms with Crippen LogP contribution in [0.1, 0.15) is 46.9 Å².